The van der Waals surface area contributed by atoms with E-state index < -0.39 is 21.8 Å². The minimum absolute atomic E-state index is 0.0165. The normalized spacial score (nSPS) is 12.0. The van der Waals surface area contributed by atoms with Crippen LogP contribution in [0.3, 0.4) is 0 Å². The summed E-state index contributed by atoms with van der Waals surface area (Å²) < 4.78 is 49.3. The van der Waals surface area contributed by atoms with Crippen molar-refractivity contribution in [2.75, 3.05) is 11.3 Å². The van der Waals surface area contributed by atoms with Crippen molar-refractivity contribution in [3.05, 3.63) is 58.6 Å². The number of carbonyl (C=O) groups excluding carboxylic acids is 1. The highest BCUT2D eigenvalue weighted by molar-refractivity contribution is 7.92. The zero-order valence-corrected chi connectivity index (χ0v) is 21.1. The number of ether oxygens (including phenoxy) is 1. The summed E-state index contributed by atoms with van der Waals surface area (Å²) in [5.41, 5.74) is 0.957. The van der Waals surface area contributed by atoms with E-state index in [1.54, 1.807) is 26.1 Å². The van der Waals surface area contributed by atoms with Gasteiger partial charge in [0.15, 0.2) is 5.82 Å². The fourth-order valence-electron chi connectivity index (χ4n) is 3.25. The van der Waals surface area contributed by atoms with Crippen LogP contribution in [0.25, 0.3) is 11.4 Å². The third-order valence-corrected chi connectivity index (χ3v) is 6.82. The lowest BCUT2D eigenvalue weighted by Crippen LogP contribution is -2.16. The molecule has 0 aliphatic rings. The van der Waals surface area contributed by atoms with Crippen molar-refractivity contribution < 1.29 is 22.3 Å². The van der Waals surface area contributed by atoms with Gasteiger partial charge in [-0.3, -0.25) is 9.52 Å². The molecule has 8 nitrogen and oxygen atoms in total. The molecule has 34 heavy (non-hydrogen) atoms. The van der Waals surface area contributed by atoms with Crippen LogP contribution in [0.5, 0.6) is 0 Å². The number of nitrogens with one attached hydrogen (secondary N) is 1. The van der Waals surface area contributed by atoms with Gasteiger partial charge in [-0.2, -0.15) is 0 Å². The largest absolute Gasteiger partial charge is 0.466 e. The molecule has 1 N–H and O–H groups in total. The first-order chi connectivity index (χ1) is 15.8. The summed E-state index contributed by atoms with van der Waals surface area (Å²) in [5, 5.41) is 7.83. The molecule has 0 saturated carbocycles. The Labute approximate surface area is 203 Å². The van der Waals surface area contributed by atoms with E-state index >= 15 is 0 Å². The minimum Gasteiger partial charge on any atom is -0.466 e. The molecule has 11 heteroatoms. The molecule has 182 valence electrons. The minimum atomic E-state index is -4.06. The number of hydrogen-bond acceptors (Lipinski definition) is 6. The molecular formula is C23H26ClFN4O4S. The van der Waals surface area contributed by atoms with Crippen LogP contribution in [0.1, 0.15) is 39.1 Å². The van der Waals surface area contributed by atoms with Crippen LogP contribution in [0.4, 0.5) is 10.1 Å². The first-order valence-corrected chi connectivity index (χ1v) is 12.4. The zero-order valence-electron chi connectivity index (χ0n) is 19.5. The maximum absolute atomic E-state index is 14.3. The number of benzene rings is 2. The number of hydrogen-bond donors (Lipinski definition) is 1. The summed E-state index contributed by atoms with van der Waals surface area (Å²) in [6.45, 7) is 7.98. The number of sulfonamides is 1. The van der Waals surface area contributed by atoms with E-state index in [2.05, 4.69) is 14.9 Å². The van der Waals surface area contributed by atoms with Crippen molar-refractivity contribution in [2.24, 2.45) is 7.05 Å². The smallest absolute Gasteiger partial charge is 0.313 e. The van der Waals surface area contributed by atoms with Gasteiger partial charge in [0.25, 0.3) is 10.0 Å². The maximum atomic E-state index is 14.3. The third-order valence-electron chi connectivity index (χ3n) is 5.15. The van der Waals surface area contributed by atoms with E-state index in [9.17, 15) is 17.6 Å². The summed E-state index contributed by atoms with van der Waals surface area (Å²) in [6, 6.07) is 8.71. The van der Waals surface area contributed by atoms with E-state index in [1.807, 2.05) is 20.8 Å². The lowest BCUT2D eigenvalue weighted by atomic mass is 9.87. The monoisotopic (exact) mass is 508 g/mol. The Hall–Kier alpha value is -2.98. The molecule has 0 amide bonds. The molecule has 0 atom stereocenters. The highest BCUT2D eigenvalue weighted by Crippen LogP contribution is 2.34. The molecule has 0 unspecified atom stereocenters. The average molecular weight is 509 g/mol. The summed E-state index contributed by atoms with van der Waals surface area (Å²) >= 11 is 5.98. The standard InChI is InChI=1S/C23H26ClFN4O4S/c1-6-33-21(30)13-20-26-27-22(29(20)5)16-11-17(24)18(25)12-19(16)28-34(31,32)15-9-7-14(8-10-15)23(2,3)4/h7-12,28H,6,13H2,1-5H3. The van der Waals surface area contributed by atoms with Crippen molar-refractivity contribution in [1.82, 2.24) is 14.8 Å². The van der Waals surface area contributed by atoms with Crippen molar-refractivity contribution >= 4 is 33.3 Å². The zero-order chi connectivity index (χ0) is 25.3. The Morgan fingerprint density at radius 3 is 2.41 bits per heavy atom. The topological polar surface area (TPSA) is 103 Å². The summed E-state index contributed by atoms with van der Waals surface area (Å²) in [4.78, 5) is 11.9. The van der Waals surface area contributed by atoms with Gasteiger partial charge in [-0.05, 0) is 36.1 Å². The second-order valence-electron chi connectivity index (χ2n) is 8.67. The molecule has 1 heterocycles. The lowest BCUT2D eigenvalue weighted by Gasteiger charge is -2.19. The second kappa shape index (κ2) is 9.71. The van der Waals surface area contributed by atoms with Crippen molar-refractivity contribution in [3.63, 3.8) is 0 Å². The Morgan fingerprint density at radius 1 is 1.18 bits per heavy atom. The van der Waals surface area contributed by atoms with Crippen LogP contribution in [0.15, 0.2) is 41.3 Å². The van der Waals surface area contributed by atoms with Gasteiger partial charge in [-0.15, -0.1) is 10.2 Å². The number of nitrogens with zero attached hydrogens (tertiary/aromatic N) is 3. The van der Waals surface area contributed by atoms with Crippen molar-refractivity contribution in [3.8, 4) is 11.4 Å². The molecule has 0 spiro atoms. The van der Waals surface area contributed by atoms with Crippen LogP contribution in [0.2, 0.25) is 5.02 Å². The van der Waals surface area contributed by atoms with Gasteiger partial charge >= 0.3 is 5.97 Å². The number of aromatic nitrogens is 3. The second-order valence-corrected chi connectivity index (χ2v) is 10.8. The van der Waals surface area contributed by atoms with Crippen LogP contribution in [-0.2, 0) is 38.4 Å². The molecule has 0 aliphatic heterocycles. The predicted octanol–water partition coefficient (Wildman–Crippen LogP) is 4.48. The quantitative estimate of drug-likeness (QED) is 0.472. The highest BCUT2D eigenvalue weighted by atomic mass is 35.5. The number of carbonyl (C=O) groups is 1. The van der Waals surface area contributed by atoms with Gasteiger partial charge in [0.05, 0.1) is 22.2 Å². The van der Waals surface area contributed by atoms with Gasteiger partial charge in [0.2, 0.25) is 0 Å². The predicted molar refractivity (Wildman–Crippen MR) is 128 cm³/mol. The number of halogens is 2. The molecular weight excluding hydrogens is 483 g/mol. The van der Waals surface area contributed by atoms with Crippen LogP contribution in [0, 0.1) is 5.82 Å². The summed E-state index contributed by atoms with van der Waals surface area (Å²) in [6.07, 6.45) is -0.131. The molecule has 0 fully saturated rings. The molecule has 0 saturated heterocycles. The number of rotatable bonds is 7. The molecule has 3 aromatic rings. The van der Waals surface area contributed by atoms with E-state index in [0.29, 0.717) is 5.82 Å². The summed E-state index contributed by atoms with van der Waals surface area (Å²) in [7, 11) is -2.46. The molecule has 0 bridgehead atoms. The Balaban J connectivity index is 2.00. The van der Waals surface area contributed by atoms with Gasteiger partial charge in [-0.1, -0.05) is 44.5 Å². The fourth-order valence-corrected chi connectivity index (χ4v) is 4.48. The molecule has 0 aliphatic carbocycles. The Morgan fingerprint density at radius 2 is 1.82 bits per heavy atom. The van der Waals surface area contributed by atoms with Crippen LogP contribution < -0.4 is 4.72 Å². The molecule has 1 aromatic heterocycles. The fraction of sp³-hybridized carbons (Fsp3) is 0.348. The summed E-state index contributed by atoms with van der Waals surface area (Å²) in [5.74, 6) is -0.802. The molecule has 2 aromatic carbocycles. The van der Waals surface area contributed by atoms with Gasteiger partial charge in [0, 0.05) is 18.7 Å². The Bertz CT molecular complexity index is 1320. The van der Waals surface area contributed by atoms with Gasteiger partial charge in [-0.25, -0.2) is 12.8 Å². The van der Waals surface area contributed by atoms with Crippen molar-refractivity contribution in [2.45, 2.75) is 44.4 Å². The number of esters is 1. The maximum Gasteiger partial charge on any atom is 0.313 e. The lowest BCUT2D eigenvalue weighted by molar-refractivity contribution is -0.142. The third kappa shape index (κ3) is 5.56. The van der Waals surface area contributed by atoms with Crippen LogP contribution >= 0.6 is 11.6 Å². The van der Waals surface area contributed by atoms with Crippen molar-refractivity contribution in [1.29, 1.82) is 0 Å². The van der Waals surface area contributed by atoms with E-state index in [-0.39, 0.29) is 45.4 Å². The average Bonchev–Trinajstić information content (AvgIpc) is 3.10. The number of anilines is 1. The van der Waals surface area contributed by atoms with E-state index in [4.69, 9.17) is 16.3 Å². The molecule has 3 rings (SSSR count). The Kier molecular flexibility index (Phi) is 7.32. The molecule has 0 radical (unpaired) electrons. The first-order valence-electron chi connectivity index (χ1n) is 10.5. The highest BCUT2D eigenvalue weighted by Gasteiger charge is 2.23. The van der Waals surface area contributed by atoms with Gasteiger partial charge < -0.3 is 9.30 Å². The SMILES string of the molecule is CCOC(=O)Cc1nnc(-c2cc(Cl)c(F)cc2NS(=O)(=O)c2ccc(C(C)(C)C)cc2)n1C. The first kappa shape index (κ1) is 25.6. The van der Waals surface area contributed by atoms with Gasteiger partial charge in [0.1, 0.15) is 18.1 Å². The van der Waals surface area contributed by atoms with E-state index in [1.165, 1.54) is 22.8 Å². The van der Waals surface area contributed by atoms with E-state index in [0.717, 1.165) is 11.6 Å². The van der Waals surface area contributed by atoms with Crippen LogP contribution in [-0.4, -0.2) is 35.8 Å².